The molecule has 0 bridgehead atoms. The number of para-hydroxylation sites is 4. The van der Waals surface area contributed by atoms with E-state index in [2.05, 4.69) is 245 Å². The molecule has 0 atom stereocenters. The molecule has 0 aliphatic heterocycles. The summed E-state index contributed by atoms with van der Waals surface area (Å²) in [7, 11) is 0. The van der Waals surface area contributed by atoms with Crippen molar-refractivity contribution in [2.24, 2.45) is 0 Å². The van der Waals surface area contributed by atoms with E-state index < -0.39 is 5.60 Å². The summed E-state index contributed by atoms with van der Waals surface area (Å²) in [4.78, 5) is 0. The third-order valence-corrected chi connectivity index (χ3v) is 14.5. The molecule has 0 unspecified atom stereocenters. The second kappa shape index (κ2) is 15.9. The number of hydrogen-bond acceptors (Lipinski definition) is 2. The quantitative estimate of drug-likeness (QED) is 0.145. The molecule has 3 aromatic heterocycles. The second-order valence-corrected chi connectivity index (χ2v) is 19.8. The van der Waals surface area contributed by atoms with E-state index >= 15 is 0 Å². The first-order chi connectivity index (χ1) is 33.1. The molecule has 3 heterocycles. The molecule has 0 saturated heterocycles. The van der Waals surface area contributed by atoms with E-state index in [9.17, 15) is 0 Å². The molecule has 68 heavy (non-hydrogen) atoms. The molecule has 0 spiro atoms. The van der Waals surface area contributed by atoms with Crippen molar-refractivity contribution in [1.29, 1.82) is 0 Å². The molecule has 4 nitrogen and oxygen atoms in total. The highest BCUT2D eigenvalue weighted by Crippen LogP contribution is 2.47. The lowest BCUT2D eigenvalue weighted by molar-refractivity contribution is 0.132. The van der Waals surface area contributed by atoms with Crippen molar-refractivity contribution in [2.45, 2.75) is 65.4 Å². The van der Waals surface area contributed by atoms with Gasteiger partial charge in [-0.05, 0) is 146 Å². The van der Waals surface area contributed by atoms with Gasteiger partial charge in [0.15, 0.2) is 0 Å². The summed E-state index contributed by atoms with van der Waals surface area (Å²) in [5.41, 5.74) is 16.2. The van der Waals surface area contributed by atoms with Crippen LogP contribution in [0.5, 0.6) is 5.75 Å². The first kappa shape index (κ1) is 41.6. The van der Waals surface area contributed by atoms with Crippen LogP contribution in [0.3, 0.4) is 0 Å². The van der Waals surface area contributed by atoms with Gasteiger partial charge in [-0.3, -0.25) is 0 Å². The Labute approximate surface area is 397 Å². The average Bonchev–Trinajstić information content (AvgIpc) is 4.03. The lowest BCUT2D eigenvalue weighted by atomic mass is 9.75. The molecular weight excluding hydrogens is 829 g/mol. The number of furan rings is 1. The van der Waals surface area contributed by atoms with Crippen molar-refractivity contribution in [2.75, 3.05) is 0 Å². The summed E-state index contributed by atoms with van der Waals surface area (Å²) in [6, 6.07) is 71.0. The molecule has 0 saturated carbocycles. The smallest absolute Gasteiger partial charge is 0.135 e. The van der Waals surface area contributed by atoms with Crippen LogP contribution < -0.4 is 4.74 Å². The molecule has 0 amide bonds. The van der Waals surface area contributed by atoms with E-state index in [0.29, 0.717) is 0 Å². The third-order valence-electron chi connectivity index (χ3n) is 14.5. The van der Waals surface area contributed by atoms with Crippen molar-refractivity contribution in [3.63, 3.8) is 0 Å². The molecule has 0 aliphatic carbocycles. The van der Waals surface area contributed by atoms with Gasteiger partial charge in [-0.15, -0.1) is 0 Å². The van der Waals surface area contributed by atoms with Gasteiger partial charge >= 0.3 is 0 Å². The fraction of sp³-hybridized carbons (Fsp3) is 0.156. The zero-order chi connectivity index (χ0) is 46.3. The molecule has 0 fully saturated rings. The minimum atomic E-state index is -0.425. The Kier molecular flexibility index (Phi) is 9.74. The van der Waals surface area contributed by atoms with Crippen molar-refractivity contribution < 1.29 is 9.15 Å². The number of aromatic nitrogens is 2. The van der Waals surface area contributed by atoms with Crippen LogP contribution in [-0.2, 0) is 5.41 Å². The number of ether oxygens (including phenoxy) is 1. The van der Waals surface area contributed by atoms with Gasteiger partial charge in [-0.2, -0.15) is 0 Å². The van der Waals surface area contributed by atoms with Crippen molar-refractivity contribution in [3.05, 3.63) is 200 Å². The number of hydrogen-bond donors (Lipinski definition) is 0. The summed E-state index contributed by atoms with van der Waals surface area (Å²) >= 11 is 0. The van der Waals surface area contributed by atoms with Crippen molar-refractivity contribution in [1.82, 2.24) is 9.13 Å². The number of nitrogens with zero attached hydrogens (tertiary/aromatic N) is 2. The number of fused-ring (bicyclic) bond motifs is 9. The van der Waals surface area contributed by atoms with Gasteiger partial charge in [0.25, 0.3) is 0 Å². The maximum atomic E-state index is 7.03. The fourth-order valence-electron chi connectivity index (χ4n) is 10.6. The highest BCUT2D eigenvalue weighted by molar-refractivity contribution is 6.11. The van der Waals surface area contributed by atoms with Crippen LogP contribution in [0, 0.1) is 0 Å². The molecular formula is C64H54N2O2. The van der Waals surface area contributed by atoms with E-state index in [1.54, 1.807) is 0 Å². The van der Waals surface area contributed by atoms with Crippen LogP contribution in [0.25, 0.3) is 110 Å². The Morgan fingerprint density at radius 2 is 0.824 bits per heavy atom. The summed E-state index contributed by atoms with van der Waals surface area (Å²) in [6.07, 6.45) is 2.06. The normalized spacial score (nSPS) is 12.4. The van der Waals surface area contributed by atoms with E-state index in [0.717, 1.165) is 85.3 Å². The van der Waals surface area contributed by atoms with E-state index in [1.807, 2.05) is 0 Å². The lowest BCUT2D eigenvalue weighted by Crippen LogP contribution is -2.24. The van der Waals surface area contributed by atoms with Gasteiger partial charge < -0.3 is 18.3 Å². The summed E-state index contributed by atoms with van der Waals surface area (Å²) < 4.78 is 18.6. The van der Waals surface area contributed by atoms with Crippen LogP contribution >= 0.6 is 0 Å². The highest BCUT2D eigenvalue weighted by atomic mass is 16.5. The maximum absolute atomic E-state index is 7.03. The molecule has 332 valence electrons. The summed E-state index contributed by atoms with van der Waals surface area (Å²) in [5.74, 6) is 0.898. The first-order valence-electron chi connectivity index (χ1n) is 24.1. The zero-order valence-corrected chi connectivity index (χ0v) is 39.6. The Balaban J connectivity index is 1.10. The van der Waals surface area contributed by atoms with Gasteiger partial charge in [0.1, 0.15) is 22.5 Å². The van der Waals surface area contributed by atoms with Crippen molar-refractivity contribution >= 4 is 65.6 Å². The number of benzene rings is 9. The zero-order valence-electron chi connectivity index (χ0n) is 39.6. The number of rotatable bonds is 9. The lowest BCUT2D eigenvalue weighted by Gasteiger charge is -2.31. The van der Waals surface area contributed by atoms with Crippen LogP contribution in [0.4, 0.5) is 0 Å². The first-order valence-corrected chi connectivity index (χ1v) is 24.1. The van der Waals surface area contributed by atoms with Gasteiger partial charge in [0, 0.05) is 54.8 Å². The van der Waals surface area contributed by atoms with E-state index in [1.165, 1.54) is 49.2 Å². The standard InChI is InChI=1S/C64H54N2O2/c1-7-64(6,8-2)45-38-52(41-20-10-9-11-21-41)62(68-63(3,4)5)53(39-45)43-31-33-61-55(37-43)54-36-42(30-32-60(54)67-61)44-34-46(65-56-26-16-12-22-48(56)49-23-13-17-27-57(49)65)40-47(35-44)66-58-28-18-14-24-50(58)51-25-15-19-29-59(51)66/h9-40H,7-8H2,1-6H3. The summed E-state index contributed by atoms with van der Waals surface area (Å²) in [6.45, 7) is 13.4. The van der Waals surface area contributed by atoms with Gasteiger partial charge in [0.2, 0.25) is 0 Å². The molecule has 4 heteroatoms. The second-order valence-electron chi connectivity index (χ2n) is 19.8. The van der Waals surface area contributed by atoms with Crippen LogP contribution in [-0.4, -0.2) is 14.7 Å². The van der Waals surface area contributed by atoms with Crippen LogP contribution in [0.15, 0.2) is 199 Å². The molecule has 12 rings (SSSR count). The van der Waals surface area contributed by atoms with Crippen LogP contribution in [0.1, 0.15) is 59.9 Å². The van der Waals surface area contributed by atoms with E-state index in [4.69, 9.17) is 9.15 Å². The minimum absolute atomic E-state index is 0.00821. The Morgan fingerprint density at radius 3 is 1.29 bits per heavy atom. The third kappa shape index (κ3) is 6.81. The van der Waals surface area contributed by atoms with Gasteiger partial charge in [-0.25, -0.2) is 0 Å². The average molecular weight is 883 g/mol. The maximum Gasteiger partial charge on any atom is 0.135 e. The minimum Gasteiger partial charge on any atom is -0.487 e. The highest BCUT2D eigenvalue weighted by Gasteiger charge is 2.28. The largest absolute Gasteiger partial charge is 0.487 e. The fourth-order valence-corrected chi connectivity index (χ4v) is 10.6. The molecule has 0 radical (unpaired) electrons. The molecule has 0 aliphatic rings. The van der Waals surface area contributed by atoms with Gasteiger partial charge in [-0.1, -0.05) is 136 Å². The van der Waals surface area contributed by atoms with E-state index in [-0.39, 0.29) is 5.41 Å². The van der Waals surface area contributed by atoms with Crippen LogP contribution in [0.2, 0.25) is 0 Å². The van der Waals surface area contributed by atoms with Crippen molar-refractivity contribution in [3.8, 4) is 50.5 Å². The molecule has 0 N–H and O–H groups in total. The summed E-state index contributed by atoms with van der Waals surface area (Å²) in [5, 5.41) is 7.09. The predicted molar refractivity (Wildman–Crippen MR) is 287 cm³/mol. The van der Waals surface area contributed by atoms with Gasteiger partial charge in [0.05, 0.1) is 22.1 Å². The monoisotopic (exact) mass is 882 g/mol. The Bertz CT molecular complexity index is 3670. The SMILES string of the molecule is CCC(C)(CC)c1cc(-c2ccccc2)c(OC(C)(C)C)c(-c2ccc3oc4ccc(-c5cc(-n6c7ccccc7c7ccccc76)cc(-n6c7ccccc7c7ccccc76)c5)cc4c3c2)c1. The predicted octanol–water partition coefficient (Wildman–Crippen LogP) is 18.0. The Morgan fingerprint density at radius 1 is 0.397 bits per heavy atom. The topological polar surface area (TPSA) is 32.2 Å². The molecule has 12 aromatic rings. The Hall–Kier alpha value is -7.82. The molecule has 9 aromatic carbocycles.